The third-order valence-corrected chi connectivity index (χ3v) is 4.76. The van der Waals surface area contributed by atoms with E-state index in [0.29, 0.717) is 6.54 Å². The van der Waals surface area contributed by atoms with E-state index >= 15 is 0 Å². The summed E-state index contributed by atoms with van der Waals surface area (Å²) in [6.45, 7) is 4.39. The van der Waals surface area contributed by atoms with E-state index < -0.39 is 5.60 Å². The van der Waals surface area contributed by atoms with Crippen LogP contribution in [0, 0.1) is 0 Å². The van der Waals surface area contributed by atoms with Crippen LogP contribution in [-0.2, 0) is 5.60 Å². The third-order valence-electron chi connectivity index (χ3n) is 4.76. The van der Waals surface area contributed by atoms with Gasteiger partial charge in [0.2, 0.25) is 0 Å². The van der Waals surface area contributed by atoms with Crippen LogP contribution in [0.25, 0.3) is 0 Å². The first-order chi connectivity index (χ1) is 13.2. The largest absolute Gasteiger partial charge is 0.497 e. The second kappa shape index (κ2) is 8.67. The second-order valence-corrected chi connectivity index (χ2v) is 6.40. The van der Waals surface area contributed by atoms with Crippen molar-refractivity contribution in [3.63, 3.8) is 0 Å². The van der Waals surface area contributed by atoms with Gasteiger partial charge in [-0.2, -0.15) is 0 Å². The molecule has 0 bridgehead atoms. The highest BCUT2D eigenvalue weighted by atomic mass is 16.5. The fraction of sp³-hybridized carbons (Fsp3) is 0.167. The molecule has 0 saturated heterocycles. The lowest BCUT2D eigenvalue weighted by molar-refractivity contribution is 0.0376. The SMILES string of the molecule is C=CCN[C@H](c1ccc(OC)cc1)C(O)(c1ccccc1)c1ccccc1. The summed E-state index contributed by atoms with van der Waals surface area (Å²) in [6.07, 6.45) is 1.80. The summed E-state index contributed by atoms with van der Waals surface area (Å²) in [5, 5.41) is 15.5. The zero-order valence-electron chi connectivity index (χ0n) is 15.5. The molecule has 0 aliphatic heterocycles. The summed E-state index contributed by atoms with van der Waals surface area (Å²) in [4.78, 5) is 0. The molecular weight excluding hydrogens is 334 g/mol. The number of nitrogens with one attached hydrogen (secondary N) is 1. The highest BCUT2D eigenvalue weighted by Gasteiger charge is 2.40. The van der Waals surface area contributed by atoms with E-state index in [-0.39, 0.29) is 6.04 Å². The Bertz CT molecular complexity index is 805. The lowest BCUT2D eigenvalue weighted by Gasteiger charge is -2.38. The molecule has 2 N–H and O–H groups in total. The summed E-state index contributed by atoms with van der Waals surface area (Å²) in [7, 11) is 1.65. The fourth-order valence-corrected chi connectivity index (χ4v) is 3.39. The minimum absolute atomic E-state index is 0.369. The molecule has 0 aliphatic rings. The van der Waals surface area contributed by atoms with Crippen LogP contribution in [0.1, 0.15) is 22.7 Å². The number of ether oxygens (including phenoxy) is 1. The van der Waals surface area contributed by atoms with Crippen molar-refractivity contribution in [2.45, 2.75) is 11.6 Å². The van der Waals surface area contributed by atoms with Gasteiger partial charge >= 0.3 is 0 Å². The van der Waals surface area contributed by atoms with Gasteiger partial charge in [0.1, 0.15) is 11.4 Å². The smallest absolute Gasteiger partial charge is 0.134 e. The predicted octanol–water partition coefficient (Wildman–Crippen LogP) is 4.45. The average Bonchev–Trinajstić information content (AvgIpc) is 2.75. The van der Waals surface area contributed by atoms with Crippen LogP contribution >= 0.6 is 0 Å². The van der Waals surface area contributed by atoms with Crippen LogP contribution in [0.3, 0.4) is 0 Å². The number of hydrogen-bond donors (Lipinski definition) is 2. The summed E-state index contributed by atoms with van der Waals surface area (Å²) in [6, 6.07) is 26.9. The van der Waals surface area contributed by atoms with E-state index in [1.54, 1.807) is 13.2 Å². The number of rotatable bonds is 8. The quantitative estimate of drug-likeness (QED) is 0.584. The number of methoxy groups -OCH3 is 1. The van der Waals surface area contributed by atoms with Crippen molar-refractivity contribution in [1.29, 1.82) is 0 Å². The van der Waals surface area contributed by atoms with Gasteiger partial charge in [-0.15, -0.1) is 6.58 Å². The van der Waals surface area contributed by atoms with Gasteiger partial charge in [0, 0.05) is 6.54 Å². The van der Waals surface area contributed by atoms with Gasteiger partial charge in [0.05, 0.1) is 13.2 Å². The maximum Gasteiger partial charge on any atom is 0.134 e. The van der Waals surface area contributed by atoms with Gasteiger partial charge in [0.25, 0.3) is 0 Å². The molecule has 0 radical (unpaired) electrons. The average molecular weight is 359 g/mol. The van der Waals surface area contributed by atoms with Crippen molar-refractivity contribution in [1.82, 2.24) is 5.32 Å². The van der Waals surface area contributed by atoms with Crippen LogP contribution in [0.4, 0.5) is 0 Å². The van der Waals surface area contributed by atoms with Gasteiger partial charge in [-0.05, 0) is 28.8 Å². The first-order valence-electron chi connectivity index (χ1n) is 9.01. The molecule has 3 aromatic rings. The molecule has 0 amide bonds. The van der Waals surface area contributed by atoms with E-state index in [9.17, 15) is 5.11 Å². The first-order valence-corrected chi connectivity index (χ1v) is 9.01. The monoisotopic (exact) mass is 359 g/mol. The number of hydrogen-bond acceptors (Lipinski definition) is 3. The van der Waals surface area contributed by atoms with Crippen molar-refractivity contribution in [3.8, 4) is 5.75 Å². The molecule has 3 rings (SSSR count). The summed E-state index contributed by atoms with van der Waals surface area (Å²) >= 11 is 0. The van der Waals surface area contributed by atoms with E-state index in [4.69, 9.17) is 4.74 Å². The second-order valence-electron chi connectivity index (χ2n) is 6.40. The highest BCUT2D eigenvalue weighted by Crippen LogP contribution is 2.41. The van der Waals surface area contributed by atoms with Crippen molar-refractivity contribution >= 4 is 0 Å². The Labute approximate surface area is 161 Å². The van der Waals surface area contributed by atoms with Crippen LogP contribution in [0.5, 0.6) is 5.75 Å². The Kier molecular flexibility index (Phi) is 6.07. The maximum atomic E-state index is 12.1. The van der Waals surface area contributed by atoms with E-state index in [1.807, 2.05) is 84.9 Å². The molecule has 0 heterocycles. The van der Waals surface area contributed by atoms with E-state index in [2.05, 4.69) is 11.9 Å². The van der Waals surface area contributed by atoms with Gasteiger partial charge in [-0.3, -0.25) is 0 Å². The normalized spacial score (nSPS) is 12.4. The summed E-state index contributed by atoms with van der Waals surface area (Å²) in [5.74, 6) is 0.782. The molecule has 0 saturated carbocycles. The fourth-order valence-electron chi connectivity index (χ4n) is 3.39. The zero-order chi connectivity index (χ0) is 19.1. The molecule has 0 spiro atoms. The van der Waals surface area contributed by atoms with Gasteiger partial charge in [-0.25, -0.2) is 0 Å². The molecule has 27 heavy (non-hydrogen) atoms. The molecule has 3 nitrogen and oxygen atoms in total. The zero-order valence-corrected chi connectivity index (χ0v) is 15.5. The molecule has 1 atom stereocenters. The molecule has 138 valence electrons. The van der Waals surface area contributed by atoms with E-state index in [0.717, 1.165) is 22.4 Å². The van der Waals surface area contributed by atoms with Crippen LogP contribution in [0.2, 0.25) is 0 Å². The number of benzene rings is 3. The minimum Gasteiger partial charge on any atom is -0.497 e. The van der Waals surface area contributed by atoms with Crippen molar-refractivity contribution in [2.75, 3.05) is 13.7 Å². The van der Waals surface area contributed by atoms with Gasteiger partial charge < -0.3 is 15.2 Å². The Morgan fingerprint density at radius 1 is 0.926 bits per heavy atom. The molecule has 0 aliphatic carbocycles. The standard InChI is InChI=1S/C24H25NO2/c1-3-18-25-23(19-14-16-22(27-2)17-15-19)24(26,20-10-6-4-7-11-20)21-12-8-5-9-13-21/h3-17,23,25-26H,1,18H2,2H3/t23-/m1/s1. The summed E-state index contributed by atoms with van der Waals surface area (Å²) in [5.41, 5.74) is 1.37. The highest BCUT2D eigenvalue weighted by molar-refractivity contribution is 5.42. The number of aliphatic hydroxyl groups is 1. The molecular formula is C24H25NO2. The van der Waals surface area contributed by atoms with Gasteiger partial charge in [-0.1, -0.05) is 78.9 Å². The molecule has 0 aromatic heterocycles. The van der Waals surface area contributed by atoms with Crippen LogP contribution < -0.4 is 10.1 Å². The molecule has 3 heteroatoms. The Morgan fingerprint density at radius 3 is 1.89 bits per heavy atom. The van der Waals surface area contributed by atoms with Crippen LogP contribution in [0.15, 0.2) is 97.6 Å². The summed E-state index contributed by atoms with van der Waals surface area (Å²) < 4.78 is 5.29. The van der Waals surface area contributed by atoms with Gasteiger partial charge in [0.15, 0.2) is 0 Å². The minimum atomic E-state index is -1.25. The van der Waals surface area contributed by atoms with Crippen molar-refractivity contribution in [2.24, 2.45) is 0 Å². The van der Waals surface area contributed by atoms with Crippen molar-refractivity contribution < 1.29 is 9.84 Å². The molecule has 3 aromatic carbocycles. The Balaban J connectivity index is 2.16. The maximum absolute atomic E-state index is 12.1. The van der Waals surface area contributed by atoms with Crippen LogP contribution in [-0.4, -0.2) is 18.8 Å². The predicted molar refractivity (Wildman–Crippen MR) is 110 cm³/mol. The molecule has 0 unspecified atom stereocenters. The first kappa shape index (κ1) is 18.9. The van der Waals surface area contributed by atoms with Crippen molar-refractivity contribution in [3.05, 3.63) is 114 Å². The third kappa shape index (κ3) is 3.95. The lowest BCUT2D eigenvalue weighted by atomic mass is 9.77. The Hall–Kier alpha value is -2.88. The Morgan fingerprint density at radius 2 is 1.44 bits per heavy atom. The van der Waals surface area contributed by atoms with E-state index in [1.165, 1.54) is 0 Å². The topological polar surface area (TPSA) is 41.5 Å². The molecule has 0 fully saturated rings. The lowest BCUT2D eigenvalue weighted by Crippen LogP contribution is -2.43.